The lowest BCUT2D eigenvalue weighted by atomic mass is 9.94. The Labute approximate surface area is 194 Å². The van der Waals surface area contributed by atoms with Gasteiger partial charge in [0.15, 0.2) is 11.4 Å². The maximum absolute atomic E-state index is 13.2. The Balaban J connectivity index is 1.45. The highest BCUT2D eigenvalue weighted by Gasteiger charge is 2.47. The zero-order chi connectivity index (χ0) is 23.7. The van der Waals surface area contributed by atoms with E-state index >= 15 is 0 Å². The molecule has 0 N–H and O–H groups in total. The van der Waals surface area contributed by atoms with Gasteiger partial charge in [-0.1, -0.05) is 13.8 Å². The third-order valence-electron chi connectivity index (χ3n) is 7.39. The molecule has 2 bridgehead atoms. The molecule has 8 heteroatoms. The van der Waals surface area contributed by atoms with E-state index in [0.717, 1.165) is 61.4 Å². The maximum Gasteiger partial charge on any atom is 0.410 e. The van der Waals surface area contributed by atoms with E-state index in [1.54, 1.807) is 11.6 Å². The van der Waals surface area contributed by atoms with Crippen molar-refractivity contribution in [1.29, 1.82) is 0 Å². The van der Waals surface area contributed by atoms with Crippen molar-refractivity contribution < 1.29 is 14.3 Å². The summed E-state index contributed by atoms with van der Waals surface area (Å²) in [5.74, 6) is 2.10. The molecular weight excluding hydrogens is 420 g/mol. The van der Waals surface area contributed by atoms with Gasteiger partial charge >= 0.3 is 6.09 Å². The number of hydrogen-bond donors (Lipinski definition) is 0. The van der Waals surface area contributed by atoms with E-state index in [0.29, 0.717) is 17.8 Å². The Kier molecular flexibility index (Phi) is 5.25. The number of rotatable bonds is 5. The predicted molar refractivity (Wildman–Crippen MR) is 125 cm³/mol. The van der Waals surface area contributed by atoms with Crippen LogP contribution in [0.15, 0.2) is 11.0 Å². The van der Waals surface area contributed by atoms with Crippen LogP contribution < -0.4 is 10.3 Å². The van der Waals surface area contributed by atoms with E-state index in [9.17, 15) is 9.59 Å². The number of carbonyl (C=O) groups is 1. The molecule has 0 radical (unpaired) electrons. The summed E-state index contributed by atoms with van der Waals surface area (Å²) in [5.41, 5.74) is 1.91. The van der Waals surface area contributed by atoms with Crippen LogP contribution in [0.1, 0.15) is 83.4 Å². The number of likely N-dealkylation sites (tertiary alicyclic amines) is 1. The minimum absolute atomic E-state index is 0.0505. The minimum Gasteiger partial charge on any atom is -0.491 e. The lowest BCUT2D eigenvalue weighted by Crippen LogP contribution is -2.43. The van der Waals surface area contributed by atoms with Crippen molar-refractivity contribution in [2.45, 2.75) is 90.3 Å². The van der Waals surface area contributed by atoms with Crippen LogP contribution in [0.4, 0.5) is 4.79 Å². The van der Waals surface area contributed by atoms with Gasteiger partial charge in [0.1, 0.15) is 11.3 Å². The van der Waals surface area contributed by atoms with Gasteiger partial charge in [-0.2, -0.15) is 9.61 Å². The largest absolute Gasteiger partial charge is 0.491 e. The molecular formula is C25H36N4O4. The van der Waals surface area contributed by atoms with Crippen molar-refractivity contribution in [3.8, 4) is 5.75 Å². The number of amides is 1. The van der Waals surface area contributed by atoms with Crippen LogP contribution >= 0.6 is 0 Å². The second-order valence-electron chi connectivity index (χ2n) is 11.4. The number of carbonyl (C=O) groups excluding carboxylic acids is 1. The van der Waals surface area contributed by atoms with Crippen LogP contribution in [-0.4, -0.2) is 50.5 Å². The summed E-state index contributed by atoms with van der Waals surface area (Å²) in [4.78, 5) is 27.8. The molecule has 2 aliphatic carbocycles. The summed E-state index contributed by atoms with van der Waals surface area (Å²) in [6.45, 7) is 11.3. The maximum atomic E-state index is 13.2. The van der Waals surface area contributed by atoms with Crippen LogP contribution in [0.3, 0.4) is 0 Å². The fourth-order valence-corrected chi connectivity index (χ4v) is 5.65. The first-order valence-electron chi connectivity index (χ1n) is 12.3. The highest BCUT2D eigenvalue weighted by molar-refractivity contribution is 5.69. The average molecular weight is 457 g/mol. The Morgan fingerprint density at radius 1 is 1.24 bits per heavy atom. The Morgan fingerprint density at radius 2 is 1.97 bits per heavy atom. The van der Waals surface area contributed by atoms with Crippen molar-refractivity contribution in [2.75, 3.05) is 13.7 Å². The molecule has 0 unspecified atom stereocenters. The number of hydrogen-bond acceptors (Lipinski definition) is 5. The van der Waals surface area contributed by atoms with E-state index in [2.05, 4.69) is 4.57 Å². The predicted octanol–water partition coefficient (Wildman–Crippen LogP) is 4.15. The van der Waals surface area contributed by atoms with Gasteiger partial charge in [0.25, 0.3) is 5.56 Å². The average Bonchev–Trinajstić information content (AvgIpc) is 3.20. The summed E-state index contributed by atoms with van der Waals surface area (Å²) in [7, 11) is 1.67. The van der Waals surface area contributed by atoms with E-state index in [-0.39, 0.29) is 23.6 Å². The molecule has 3 fully saturated rings. The molecule has 2 saturated carbocycles. The first kappa shape index (κ1) is 22.3. The van der Waals surface area contributed by atoms with Crippen LogP contribution in [0.5, 0.6) is 5.75 Å². The van der Waals surface area contributed by atoms with Crippen molar-refractivity contribution in [1.82, 2.24) is 19.1 Å². The summed E-state index contributed by atoms with van der Waals surface area (Å²) in [6.07, 6.45) is 5.97. The first-order valence-corrected chi connectivity index (χ1v) is 12.3. The van der Waals surface area contributed by atoms with Gasteiger partial charge in [0, 0.05) is 36.8 Å². The summed E-state index contributed by atoms with van der Waals surface area (Å²) < 4.78 is 15.2. The van der Waals surface area contributed by atoms with Crippen LogP contribution in [-0.2, 0) is 11.3 Å². The van der Waals surface area contributed by atoms with E-state index < -0.39 is 5.60 Å². The number of methoxy groups -OCH3 is 1. The molecule has 1 saturated heterocycles. The first-order chi connectivity index (χ1) is 15.6. The zero-order valence-corrected chi connectivity index (χ0v) is 20.6. The highest BCUT2D eigenvalue weighted by atomic mass is 16.6. The van der Waals surface area contributed by atoms with Crippen molar-refractivity contribution >= 4 is 11.7 Å². The quantitative estimate of drug-likeness (QED) is 0.675. The minimum atomic E-state index is -0.481. The number of piperidine rings is 1. The van der Waals surface area contributed by atoms with Gasteiger partial charge in [-0.15, -0.1) is 0 Å². The lowest BCUT2D eigenvalue weighted by molar-refractivity contribution is 0.0156. The van der Waals surface area contributed by atoms with Crippen molar-refractivity contribution in [3.05, 3.63) is 27.8 Å². The fraction of sp³-hybridized carbons (Fsp3) is 0.720. The van der Waals surface area contributed by atoms with Crippen LogP contribution in [0.25, 0.3) is 5.65 Å². The zero-order valence-electron chi connectivity index (χ0n) is 20.6. The molecule has 3 heterocycles. The van der Waals surface area contributed by atoms with Gasteiger partial charge in [-0.05, 0) is 64.2 Å². The molecule has 8 nitrogen and oxygen atoms in total. The Morgan fingerprint density at radius 3 is 2.52 bits per heavy atom. The summed E-state index contributed by atoms with van der Waals surface area (Å²) in [6, 6.07) is 0.226. The molecule has 33 heavy (non-hydrogen) atoms. The van der Waals surface area contributed by atoms with Gasteiger partial charge in [0.2, 0.25) is 0 Å². The molecule has 2 aromatic heterocycles. The summed E-state index contributed by atoms with van der Waals surface area (Å²) in [5, 5.41) is 4.73. The molecule has 3 atom stereocenters. The van der Waals surface area contributed by atoms with Gasteiger partial charge in [0.05, 0.1) is 7.11 Å². The van der Waals surface area contributed by atoms with Crippen LogP contribution in [0.2, 0.25) is 0 Å². The number of nitrogens with zero attached hydrogens (tertiary/aromatic N) is 4. The van der Waals surface area contributed by atoms with Crippen molar-refractivity contribution in [3.63, 3.8) is 0 Å². The Bertz CT molecular complexity index is 1140. The third-order valence-corrected chi connectivity index (χ3v) is 7.39. The second kappa shape index (κ2) is 7.77. The molecule has 1 aliphatic heterocycles. The van der Waals surface area contributed by atoms with Gasteiger partial charge in [-0.3, -0.25) is 4.79 Å². The van der Waals surface area contributed by atoms with E-state index in [1.807, 2.05) is 45.7 Å². The molecule has 5 rings (SSSR count). The highest BCUT2D eigenvalue weighted by Crippen LogP contribution is 2.46. The van der Waals surface area contributed by atoms with Crippen molar-refractivity contribution in [2.24, 2.45) is 11.8 Å². The number of ether oxygens (including phenoxy) is 2. The molecule has 0 aromatic carbocycles. The molecule has 0 spiro atoms. The summed E-state index contributed by atoms with van der Waals surface area (Å²) >= 11 is 0. The molecule has 1 amide bonds. The third kappa shape index (κ3) is 3.91. The van der Waals surface area contributed by atoms with E-state index in [1.165, 1.54) is 0 Å². The SMILES string of the molecule is COc1c(C2CC2)nn2c(=O)c(C(C)C)cn(C[C@H]3C[C@H]4C[C@@H]3CN4C(=O)OC(C)(C)C)c12. The van der Waals surface area contributed by atoms with Gasteiger partial charge < -0.3 is 18.9 Å². The molecule has 180 valence electrons. The molecule has 3 aliphatic rings. The van der Waals surface area contributed by atoms with Gasteiger partial charge in [-0.25, -0.2) is 4.79 Å². The lowest BCUT2D eigenvalue weighted by Gasteiger charge is -2.33. The monoisotopic (exact) mass is 456 g/mol. The standard InChI is InChI=1S/C25H36N4O4/c1-14(2)19-13-27(22-21(32-6)20(15-7-8-15)26-29(22)23(19)30)11-16-9-18-10-17(16)12-28(18)24(31)33-25(3,4)5/h13-18H,7-12H2,1-6H3/t16-,17-,18+/m1/s1. The van der Waals surface area contributed by atoms with Crippen LogP contribution in [0, 0.1) is 11.8 Å². The number of fused-ring (bicyclic) bond motifs is 3. The number of aromatic nitrogens is 3. The second-order valence-corrected chi connectivity index (χ2v) is 11.4. The smallest absolute Gasteiger partial charge is 0.410 e. The Hall–Kier alpha value is -2.51. The fourth-order valence-electron chi connectivity index (χ4n) is 5.65. The van der Waals surface area contributed by atoms with E-state index in [4.69, 9.17) is 14.6 Å². The normalized spacial score (nSPS) is 24.8. The molecule has 2 aromatic rings. The topological polar surface area (TPSA) is 78.1 Å².